The quantitative estimate of drug-likeness (QED) is 0.591. The minimum Gasteiger partial charge on any atom is -0.315 e. The van der Waals surface area contributed by atoms with Crippen molar-refractivity contribution >= 4 is 0 Å². The van der Waals surface area contributed by atoms with Gasteiger partial charge in [-0.2, -0.15) is 0 Å². The molecule has 0 amide bonds. The minimum atomic E-state index is 0.620. The molecular formula is C14H30N2. The summed E-state index contributed by atoms with van der Waals surface area (Å²) in [5.41, 5.74) is 0. The zero-order valence-electron chi connectivity index (χ0n) is 11.2. The first-order valence-corrected chi connectivity index (χ1v) is 7.27. The lowest BCUT2D eigenvalue weighted by Crippen LogP contribution is -2.37. The molecule has 0 bridgehead atoms. The first-order chi connectivity index (χ1) is 7.83. The molecule has 0 aromatic carbocycles. The van der Waals surface area contributed by atoms with Crippen LogP contribution in [0.5, 0.6) is 0 Å². The van der Waals surface area contributed by atoms with Crippen LogP contribution in [0.2, 0.25) is 0 Å². The first kappa shape index (κ1) is 14.0. The maximum absolute atomic E-state index is 3.60. The van der Waals surface area contributed by atoms with Gasteiger partial charge in [0.25, 0.3) is 0 Å². The third-order valence-corrected chi connectivity index (χ3v) is 3.63. The maximum atomic E-state index is 3.60. The van der Waals surface area contributed by atoms with Gasteiger partial charge in [-0.15, -0.1) is 0 Å². The van der Waals surface area contributed by atoms with Gasteiger partial charge in [0.2, 0.25) is 0 Å². The van der Waals surface area contributed by atoms with Crippen LogP contribution in [0.25, 0.3) is 0 Å². The third-order valence-electron chi connectivity index (χ3n) is 3.63. The molecule has 1 aliphatic rings. The van der Waals surface area contributed by atoms with Gasteiger partial charge < -0.3 is 10.6 Å². The molecule has 2 heteroatoms. The molecule has 0 aromatic rings. The summed E-state index contributed by atoms with van der Waals surface area (Å²) in [7, 11) is 0. The molecule has 1 fully saturated rings. The Hall–Kier alpha value is -0.0800. The zero-order chi connectivity index (χ0) is 11.6. The smallest absolute Gasteiger partial charge is 0.0164 e. The van der Waals surface area contributed by atoms with Gasteiger partial charge in [-0.3, -0.25) is 0 Å². The summed E-state index contributed by atoms with van der Waals surface area (Å²) in [6, 6.07) is 0.620. The highest BCUT2D eigenvalue weighted by atomic mass is 15.0. The standard InChI is InChI=1S/C14H30N2/c1-3-10-15-12-13(2)16-11-6-9-14-7-4-5-8-14/h13-16H,3-12H2,1-2H3. The lowest BCUT2D eigenvalue weighted by Gasteiger charge is -2.15. The average Bonchev–Trinajstić information content (AvgIpc) is 2.78. The van der Waals surface area contributed by atoms with E-state index in [2.05, 4.69) is 24.5 Å². The molecule has 96 valence electrons. The normalized spacial score (nSPS) is 19.1. The van der Waals surface area contributed by atoms with Crippen molar-refractivity contribution in [2.24, 2.45) is 5.92 Å². The Kier molecular flexibility index (Phi) is 7.87. The predicted octanol–water partition coefficient (Wildman–Crippen LogP) is 2.93. The summed E-state index contributed by atoms with van der Waals surface area (Å²) in [5.74, 6) is 1.05. The molecule has 0 aromatic heterocycles. The van der Waals surface area contributed by atoms with Gasteiger partial charge in [-0.1, -0.05) is 32.6 Å². The van der Waals surface area contributed by atoms with Gasteiger partial charge >= 0.3 is 0 Å². The maximum Gasteiger partial charge on any atom is 0.0164 e. The molecule has 2 N–H and O–H groups in total. The summed E-state index contributed by atoms with van der Waals surface area (Å²) in [5, 5.41) is 7.06. The first-order valence-electron chi connectivity index (χ1n) is 7.27. The SMILES string of the molecule is CCCNCC(C)NCCCC1CCCC1. The van der Waals surface area contributed by atoms with Crippen LogP contribution in [-0.2, 0) is 0 Å². The molecule has 1 unspecified atom stereocenters. The predicted molar refractivity (Wildman–Crippen MR) is 71.8 cm³/mol. The molecule has 1 aliphatic carbocycles. The monoisotopic (exact) mass is 226 g/mol. The van der Waals surface area contributed by atoms with Crippen LogP contribution >= 0.6 is 0 Å². The summed E-state index contributed by atoms with van der Waals surface area (Å²) >= 11 is 0. The molecular weight excluding hydrogens is 196 g/mol. The van der Waals surface area contributed by atoms with Gasteiger partial charge in [0.1, 0.15) is 0 Å². The molecule has 1 rings (SSSR count). The summed E-state index contributed by atoms with van der Waals surface area (Å²) in [6.45, 7) is 7.95. The van der Waals surface area contributed by atoms with Crippen LogP contribution in [0.1, 0.15) is 58.8 Å². The van der Waals surface area contributed by atoms with E-state index in [0.717, 1.165) is 19.0 Å². The molecule has 0 aliphatic heterocycles. The van der Waals surface area contributed by atoms with Crippen molar-refractivity contribution in [3.63, 3.8) is 0 Å². The lowest BCUT2D eigenvalue weighted by atomic mass is 10.0. The third kappa shape index (κ3) is 6.49. The Balaban J connectivity index is 1.85. The Morgan fingerprint density at radius 2 is 1.94 bits per heavy atom. The molecule has 0 radical (unpaired) electrons. The van der Waals surface area contributed by atoms with Crippen LogP contribution in [0.4, 0.5) is 0 Å². The van der Waals surface area contributed by atoms with Crippen molar-refractivity contribution in [2.45, 2.75) is 64.8 Å². The van der Waals surface area contributed by atoms with E-state index in [0.29, 0.717) is 6.04 Å². The van der Waals surface area contributed by atoms with E-state index in [4.69, 9.17) is 0 Å². The fraction of sp³-hybridized carbons (Fsp3) is 1.00. The van der Waals surface area contributed by atoms with Crippen molar-refractivity contribution < 1.29 is 0 Å². The van der Waals surface area contributed by atoms with Crippen LogP contribution in [0.3, 0.4) is 0 Å². The molecule has 0 heterocycles. The van der Waals surface area contributed by atoms with Gasteiger partial charge in [0.05, 0.1) is 0 Å². The van der Waals surface area contributed by atoms with Crippen molar-refractivity contribution in [2.75, 3.05) is 19.6 Å². The number of hydrogen-bond donors (Lipinski definition) is 2. The number of hydrogen-bond acceptors (Lipinski definition) is 2. The summed E-state index contributed by atoms with van der Waals surface area (Å²) in [6.07, 6.45) is 9.99. The highest BCUT2D eigenvalue weighted by molar-refractivity contribution is 4.69. The van der Waals surface area contributed by atoms with E-state index in [1.807, 2.05) is 0 Å². The topological polar surface area (TPSA) is 24.1 Å². The van der Waals surface area contributed by atoms with Crippen molar-refractivity contribution in [1.29, 1.82) is 0 Å². The second-order valence-electron chi connectivity index (χ2n) is 5.35. The number of nitrogens with one attached hydrogen (secondary N) is 2. The Bertz CT molecular complexity index is 153. The Morgan fingerprint density at radius 3 is 2.62 bits per heavy atom. The van der Waals surface area contributed by atoms with Crippen molar-refractivity contribution in [1.82, 2.24) is 10.6 Å². The van der Waals surface area contributed by atoms with E-state index in [9.17, 15) is 0 Å². The lowest BCUT2D eigenvalue weighted by molar-refractivity contribution is 0.443. The molecule has 1 saturated carbocycles. The average molecular weight is 226 g/mol. The number of rotatable bonds is 9. The molecule has 16 heavy (non-hydrogen) atoms. The largest absolute Gasteiger partial charge is 0.315 e. The zero-order valence-corrected chi connectivity index (χ0v) is 11.2. The second-order valence-corrected chi connectivity index (χ2v) is 5.35. The highest BCUT2D eigenvalue weighted by Gasteiger charge is 2.13. The molecule has 1 atom stereocenters. The van der Waals surface area contributed by atoms with Gasteiger partial charge in [0, 0.05) is 12.6 Å². The van der Waals surface area contributed by atoms with Crippen LogP contribution < -0.4 is 10.6 Å². The minimum absolute atomic E-state index is 0.620. The molecule has 2 nitrogen and oxygen atoms in total. The molecule has 0 saturated heterocycles. The fourth-order valence-corrected chi connectivity index (χ4v) is 2.61. The van der Waals surface area contributed by atoms with E-state index in [-0.39, 0.29) is 0 Å². The van der Waals surface area contributed by atoms with Gasteiger partial charge in [-0.05, 0) is 45.2 Å². The van der Waals surface area contributed by atoms with Crippen LogP contribution in [-0.4, -0.2) is 25.7 Å². The van der Waals surface area contributed by atoms with Crippen molar-refractivity contribution in [3.8, 4) is 0 Å². The summed E-state index contributed by atoms with van der Waals surface area (Å²) in [4.78, 5) is 0. The van der Waals surface area contributed by atoms with Crippen LogP contribution in [0, 0.1) is 5.92 Å². The van der Waals surface area contributed by atoms with Gasteiger partial charge in [0.15, 0.2) is 0 Å². The Morgan fingerprint density at radius 1 is 1.19 bits per heavy atom. The van der Waals surface area contributed by atoms with Gasteiger partial charge in [-0.25, -0.2) is 0 Å². The highest BCUT2D eigenvalue weighted by Crippen LogP contribution is 2.28. The van der Waals surface area contributed by atoms with E-state index in [1.165, 1.54) is 51.5 Å². The van der Waals surface area contributed by atoms with Crippen LogP contribution in [0.15, 0.2) is 0 Å². The van der Waals surface area contributed by atoms with E-state index < -0.39 is 0 Å². The molecule has 0 spiro atoms. The Labute approximate surface area is 102 Å². The van der Waals surface area contributed by atoms with E-state index >= 15 is 0 Å². The fourth-order valence-electron chi connectivity index (χ4n) is 2.61. The second kappa shape index (κ2) is 9.00. The van der Waals surface area contributed by atoms with Crippen molar-refractivity contribution in [3.05, 3.63) is 0 Å². The van der Waals surface area contributed by atoms with E-state index in [1.54, 1.807) is 0 Å². The summed E-state index contributed by atoms with van der Waals surface area (Å²) < 4.78 is 0.